The lowest BCUT2D eigenvalue weighted by atomic mass is 10.1. The van der Waals surface area contributed by atoms with Crippen molar-refractivity contribution in [2.75, 3.05) is 6.54 Å². The van der Waals surface area contributed by atoms with Crippen LogP contribution in [0.1, 0.15) is 48.9 Å². The van der Waals surface area contributed by atoms with Crippen molar-refractivity contribution in [3.8, 4) is 11.4 Å². The largest absolute Gasteiger partial charge is 0.481 e. The van der Waals surface area contributed by atoms with Crippen molar-refractivity contribution in [2.45, 2.75) is 45.6 Å². The van der Waals surface area contributed by atoms with Gasteiger partial charge in [0, 0.05) is 19.2 Å². The molecule has 1 aliphatic rings. The molecule has 0 aromatic carbocycles. The molecule has 0 spiro atoms. The van der Waals surface area contributed by atoms with Crippen molar-refractivity contribution in [3.63, 3.8) is 0 Å². The van der Waals surface area contributed by atoms with Crippen LogP contribution < -0.4 is 0 Å². The Hall–Kier alpha value is -2.77. The molecular formula is C17H20N4O4. The second-order valence-electron chi connectivity index (χ2n) is 6.14. The van der Waals surface area contributed by atoms with E-state index in [1.54, 1.807) is 17.2 Å². The zero-order valence-corrected chi connectivity index (χ0v) is 14.2. The predicted octanol–water partition coefficient (Wildman–Crippen LogP) is 2.28. The summed E-state index contributed by atoms with van der Waals surface area (Å²) in [5, 5.41) is 12.7. The van der Waals surface area contributed by atoms with E-state index in [1.165, 1.54) is 0 Å². The highest BCUT2D eigenvalue weighted by Gasteiger charge is 2.31. The Bertz CT molecular complexity index is 782. The number of amides is 1. The topological polar surface area (TPSA) is 109 Å². The molecule has 0 saturated carbocycles. The molecule has 0 unspecified atom stereocenters. The molecule has 25 heavy (non-hydrogen) atoms. The second-order valence-corrected chi connectivity index (χ2v) is 6.14. The molecule has 3 heterocycles. The lowest BCUT2D eigenvalue weighted by Gasteiger charge is -2.24. The maximum absolute atomic E-state index is 12.3. The van der Waals surface area contributed by atoms with Crippen LogP contribution in [0.25, 0.3) is 11.4 Å². The SMILES string of the molecule is Cc1noc(C)c1-c1nccc([C@@H]2CCCN2C(=O)CCC(=O)O)n1. The summed E-state index contributed by atoms with van der Waals surface area (Å²) in [5.74, 6) is 0.0586. The average Bonchev–Trinajstić information content (AvgIpc) is 3.20. The minimum absolute atomic E-state index is 0.00758. The number of rotatable bonds is 5. The molecule has 1 atom stereocenters. The minimum atomic E-state index is -0.966. The van der Waals surface area contributed by atoms with Crippen LogP contribution in [0.3, 0.4) is 0 Å². The molecule has 2 aromatic rings. The molecule has 132 valence electrons. The van der Waals surface area contributed by atoms with E-state index in [0.717, 1.165) is 29.8 Å². The van der Waals surface area contributed by atoms with E-state index in [1.807, 2.05) is 13.8 Å². The first-order chi connectivity index (χ1) is 12.0. The number of hydrogen-bond donors (Lipinski definition) is 1. The second kappa shape index (κ2) is 7.00. The lowest BCUT2D eigenvalue weighted by Crippen LogP contribution is -2.31. The molecule has 8 heteroatoms. The minimum Gasteiger partial charge on any atom is -0.481 e. The van der Waals surface area contributed by atoms with Gasteiger partial charge in [-0.2, -0.15) is 0 Å². The van der Waals surface area contributed by atoms with Crippen LogP contribution in [0.5, 0.6) is 0 Å². The van der Waals surface area contributed by atoms with Crippen LogP contribution in [0.4, 0.5) is 0 Å². The number of aromatic nitrogens is 3. The van der Waals surface area contributed by atoms with Crippen molar-refractivity contribution in [3.05, 3.63) is 29.4 Å². The maximum atomic E-state index is 12.3. The number of likely N-dealkylation sites (tertiary alicyclic amines) is 1. The summed E-state index contributed by atoms with van der Waals surface area (Å²) in [4.78, 5) is 33.7. The molecular weight excluding hydrogens is 324 g/mol. The van der Waals surface area contributed by atoms with E-state index in [9.17, 15) is 9.59 Å². The summed E-state index contributed by atoms with van der Waals surface area (Å²) in [6.07, 6.45) is 3.19. The van der Waals surface area contributed by atoms with Gasteiger partial charge in [0.1, 0.15) is 5.76 Å². The standard InChI is InChI=1S/C17H20N4O4/c1-10-16(11(2)25-20-10)17-18-8-7-12(19-17)13-4-3-9-21(13)14(22)5-6-15(23)24/h7-8,13H,3-6,9H2,1-2H3,(H,23,24)/t13-/m0/s1. The molecule has 0 bridgehead atoms. The summed E-state index contributed by atoms with van der Waals surface area (Å²) in [5.41, 5.74) is 2.24. The van der Waals surface area contributed by atoms with Gasteiger partial charge < -0.3 is 14.5 Å². The fourth-order valence-electron chi connectivity index (χ4n) is 3.21. The molecule has 1 fully saturated rings. The van der Waals surface area contributed by atoms with E-state index >= 15 is 0 Å². The first-order valence-corrected chi connectivity index (χ1v) is 8.25. The number of hydrogen-bond acceptors (Lipinski definition) is 6. The van der Waals surface area contributed by atoms with Crippen molar-refractivity contribution >= 4 is 11.9 Å². The van der Waals surface area contributed by atoms with Gasteiger partial charge in [-0.25, -0.2) is 9.97 Å². The maximum Gasteiger partial charge on any atom is 0.303 e. The summed E-state index contributed by atoms with van der Waals surface area (Å²) >= 11 is 0. The molecule has 1 aliphatic heterocycles. The van der Waals surface area contributed by atoms with Gasteiger partial charge in [0.2, 0.25) is 5.91 Å². The number of carbonyl (C=O) groups excluding carboxylic acids is 1. The third-order valence-electron chi connectivity index (χ3n) is 4.40. The van der Waals surface area contributed by atoms with Gasteiger partial charge in [0.05, 0.1) is 29.4 Å². The Morgan fingerprint density at radius 2 is 2.16 bits per heavy atom. The molecule has 0 radical (unpaired) electrons. The first kappa shape index (κ1) is 17.1. The highest BCUT2D eigenvalue weighted by molar-refractivity contribution is 5.81. The number of carboxylic acid groups (broad SMARTS) is 1. The van der Waals surface area contributed by atoms with Crippen molar-refractivity contribution in [1.82, 2.24) is 20.0 Å². The Balaban J connectivity index is 1.85. The zero-order chi connectivity index (χ0) is 18.0. The van der Waals surface area contributed by atoms with Crippen molar-refractivity contribution < 1.29 is 19.2 Å². The first-order valence-electron chi connectivity index (χ1n) is 8.25. The Morgan fingerprint density at radius 1 is 1.36 bits per heavy atom. The highest BCUT2D eigenvalue weighted by atomic mass is 16.5. The summed E-state index contributed by atoms with van der Waals surface area (Å²) < 4.78 is 5.18. The van der Waals surface area contributed by atoms with Crippen LogP contribution in [0.15, 0.2) is 16.8 Å². The van der Waals surface area contributed by atoms with Gasteiger partial charge >= 0.3 is 5.97 Å². The average molecular weight is 344 g/mol. The van der Waals surface area contributed by atoms with Gasteiger partial charge in [0.25, 0.3) is 0 Å². The number of carboxylic acids is 1. The molecule has 2 aromatic heterocycles. The van der Waals surface area contributed by atoms with Crippen molar-refractivity contribution in [1.29, 1.82) is 0 Å². The fraction of sp³-hybridized carbons (Fsp3) is 0.471. The van der Waals surface area contributed by atoms with Gasteiger partial charge in [-0.1, -0.05) is 5.16 Å². The number of aryl methyl sites for hydroxylation is 2. The van der Waals surface area contributed by atoms with E-state index in [-0.39, 0.29) is 24.8 Å². The highest BCUT2D eigenvalue weighted by Crippen LogP contribution is 2.33. The van der Waals surface area contributed by atoms with Crippen LogP contribution in [-0.2, 0) is 9.59 Å². The van der Waals surface area contributed by atoms with E-state index in [4.69, 9.17) is 9.63 Å². The predicted molar refractivity (Wildman–Crippen MR) is 87.6 cm³/mol. The smallest absolute Gasteiger partial charge is 0.303 e. The molecule has 1 N–H and O–H groups in total. The van der Waals surface area contributed by atoms with Crippen LogP contribution in [0.2, 0.25) is 0 Å². The lowest BCUT2D eigenvalue weighted by molar-refractivity contribution is -0.141. The van der Waals surface area contributed by atoms with Gasteiger partial charge in [-0.05, 0) is 32.8 Å². The van der Waals surface area contributed by atoms with E-state index in [2.05, 4.69) is 15.1 Å². The summed E-state index contributed by atoms with van der Waals surface area (Å²) in [6.45, 7) is 4.26. The fourth-order valence-corrected chi connectivity index (χ4v) is 3.21. The Morgan fingerprint density at radius 3 is 2.84 bits per heavy atom. The van der Waals surface area contributed by atoms with Crippen LogP contribution in [-0.4, -0.2) is 43.6 Å². The Kier molecular flexibility index (Phi) is 4.78. The molecule has 3 rings (SSSR count). The molecule has 0 aliphatic carbocycles. The molecule has 8 nitrogen and oxygen atoms in total. The van der Waals surface area contributed by atoms with Gasteiger partial charge in [-0.15, -0.1) is 0 Å². The molecule has 1 amide bonds. The normalized spacial score (nSPS) is 17.0. The van der Waals surface area contributed by atoms with Gasteiger partial charge in [0.15, 0.2) is 5.82 Å². The number of aliphatic carboxylic acids is 1. The van der Waals surface area contributed by atoms with E-state index in [0.29, 0.717) is 18.1 Å². The summed E-state index contributed by atoms with van der Waals surface area (Å²) in [6, 6.07) is 1.65. The zero-order valence-electron chi connectivity index (χ0n) is 14.2. The van der Waals surface area contributed by atoms with Crippen LogP contribution in [0, 0.1) is 13.8 Å². The molecule has 1 saturated heterocycles. The monoisotopic (exact) mass is 344 g/mol. The van der Waals surface area contributed by atoms with Crippen molar-refractivity contribution in [2.24, 2.45) is 0 Å². The summed E-state index contributed by atoms with van der Waals surface area (Å²) in [7, 11) is 0. The number of carbonyl (C=O) groups is 2. The van der Waals surface area contributed by atoms with Gasteiger partial charge in [-0.3, -0.25) is 9.59 Å². The van der Waals surface area contributed by atoms with Crippen LogP contribution >= 0.6 is 0 Å². The number of nitrogens with zero attached hydrogens (tertiary/aromatic N) is 4. The third-order valence-corrected chi connectivity index (χ3v) is 4.40. The quantitative estimate of drug-likeness (QED) is 0.886. The third kappa shape index (κ3) is 3.52. The Labute approximate surface area is 144 Å². The van der Waals surface area contributed by atoms with E-state index < -0.39 is 5.97 Å².